The lowest BCUT2D eigenvalue weighted by molar-refractivity contribution is 0.0919. The molecular weight excluding hydrogens is 262 g/mol. The van der Waals surface area contributed by atoms with Gasteiger partial charge < -0.3 is 10.6 Å². The van der Waals surface area contributed by atoms with Crippen LogP contribution in [0.5, 0.6) is 0 Å². The molecule has 0 radical (unpaired) electrons. The first-order valence-electron chi connectivity index (χ1n) is 8.23. The Bertz CT molecular complexity index is 461. The van der Waals surface area contributed by atoms with Gasteiger partial charge in [-0.1, -0.05) is 33.1 Å². The van der Waals surface area contributed by atoms with Crippen LogP contribution in [0.2, 0.25) is 0 Å². The monoisotopic (exact) mass is 289 g/mol. The van der Waals surface area contributed by atoms with Gasteiger partial charge in [0.1, 0.15) is 5.82 Å². The Morgan fingerprint density at radius 1 is 1.38 bits per heavy atom. The van der Waals surface area contributed by atoms with Crippen molar-refractivity contribution in [1.29, 1.82) is 0 Å². The van der Waals surface area contributed by atoms with Crippen LogP contribution < -0.4 is 10.6 Å². The number of carbonyl (C=O) groups excluding carboxylic acids is 1. The van der Waals surface area contributed by atoms with E-state index < -0.39 is 0 Å². The molecular formula is C17H27N3O. The molecule has 2 rings (SSSR count). The average Bonchev–Trinajstić information content (AvgIpc) is 2.53. The van der Waals surface area contributed by atoms with Crippen LogP contribution in [0.25, 0.3) is 0 Å². The van der Waals surface area contributed by atoms with Crippen molar-refractivity contribution in [2.75, 3.05) is 11.9 Å². The van der Waals surface area contributed by atoms with E-state index in [1.54, 1.807) is 12.3 Å². The number of amides is 1. The van der Waals surface area contributed by atoms with Gasteiger partial charge in [-0.15, -0.1) is 0 Å². The second-order valence-electron chi connectivity index (χ2n) is 5.97. The van der Waals surface area contributed by atoms with E-state index in [1.807, 2.05) is 6.07 Å². The van der Waals surface area contributed by atoms with Crippen molar-refractivity contribution in [2.45, 2.75) is 58.4 Å². The maximum atomic E-state index is 12.4. The normalized spacial score (nSPS) is 21.8. The summed E-state index contributed by atoms with van der Waals surface area (Å²) < 4.78 is 0. The fraction of sp³-hybridized carbons (Fsp3) is 0.647. The van der Waals surface area contributed by atoms with Gasteiger partial charge >= 0.3 is 0 Å². The zero-order valence-corrected chi connectivity index (χ0v) is 13.2. The highest BCUT2D eigenvalue weighted by molar-refractivity contribution is 5.95. The lowest BCUT2D eigenvalue weighted by atomic mass is 9.84. The number of hydrogen-bond donors (Lipinski definition) is 2. The fourth-order valence-electron chi connectivity index (χ4n) is 2.98. The third-order valence-corrected chi connectivity index (χ3v) is 4.27. The van der Waals surface area contributed by atoms with E-state index in [0.717, 1.165) is 37.5 Å². The second kappa shape index (κ2) is 8.01. The van der Waals surface area contributed by atoms with Crippen molar-refractivity contribution in [3.05, 3.63) is 23.9 Å². The van der Waals surface area contributed by atoms with Gasteiger partial charge in [0, 0.05) is 24.3 Å². The summed E-state index contributed by atoms with van der Waals surface area (Å²) in [7, 11) is 0. The Hall–Kier alpha value is -1.58. The van der Waals surface area contributed by atoms with Crippen LogP contribution in [0.3, 0.4) is 0 Å². The molecule has 4 heteroatoms. The molecule has 21 heavy (non-hydrogen) atoms. The molecule has 2 N–H and O–H groups in total. The van der Waals surface area contributed by atoms with Crippen molar-refractivity contribution in [3.8, 4) is 0 Å². The summed E-state index contributed by atoms with van der Waals surface area (Å²) in [4.78, 5) is 16.6. The summed E-state index contributed by atoms with van der Waals surface area (Å²) in [5, 5.41) is 6.41. The predicted octanol–water partition coefficient (Wildman–Crippen LogP) is 3.60. The average molecular weight is 289 g/mol. The first-order chi connectivity index (χ1) is 10.2. The molecule has 116 valence electrons. The smallest absolute Gasteiger partial charge is 0.251 e. The van der Waals surface area contributed by atoms with Gasteiger partial charge in [-0.05, 0) is 37.3 Å². The van der Waals surface area contributed by atoms with Crippen molar-refractivity contribution in [3.63, 3.8) is 0 Å². The third-order valence-electron chi connectivity index (χ3n) is 4.27. The molecule has 1 amide bonds. The highest BCUT2D eigenvalue weighted by Gasteiger charge is 2.22. The van der Waals surface area contributed by atoms with Gasteiger partial charge in [0.15, 0.2) is 0 Å². The van der Waals surface area contributed by atoms with Gasteiger partial charge in [0.25, 0.3) is 5.91 Å². The fourth-order valence-corrected chi connectivity index (χ4v) is 2.98. The number of anilines is 1. The Morgan fingerprint density at radius 2 is 2.24 bits per heavy atom. The van der Waals surface area contributed by atoms with Crippen LogP contribution in [0, 0.1) is 5.92 Å². The number of aromatic nitrogens is 1. The molecule has 1 aromatic rings. The van der Waals surface area contributed by atoms with E-state index in [9.17, 15) is 4.79 Å². The number of rotatable bonds is 6. The maximum absolute atomic E-state index is 12.4. The Kier molecular flexibility index (Phi) is 6.03. The van der Waals surface area contributed by atoms with Crippen LogP contribution in [-0.2, 0) is 0 Å². The topological polar surface area (TPSA) is 54.0 Å². The number of nitrogens with zero attached hydrogens (tertiary/aromatic N) is 1. The molecule has 0 saturated heterocycles. The molecule has 1 fully saturated rings. The summed E-state index contributed by atoms with van der Waals surface area (Å²) in [5.41, 5.74) is 0.697. The summed E-state index contributed by atoms with van der Waals surface area (Å²) in [6.45, 7) is 5.22. The van der Waals surface area contributed by atoms with Crippen LogP contribution >= 0.6 is 0 Å². The van der Waals surface area contributed by atoms with Crippen molar-refractivity contribution in [1.82, 2.24) is 10.3 Å². The van der Waals surface area contributed by atoms with Gasteiger partial charge in [-0.3, -0.25) is 4.79 Å². The molecule has 1 aliphatic carbocycles. The van der Waals surface area contributed by atoms with Crippen LogP contribution in [0.15, 0.2) is 18.3 Å². The summed E-state index contributed by atoms with van der Waals surface area (Å²) in [6, 6.07) is 3.95. The van der Waals surface area contributed by atoms with E-state index in [4.69, 9.17) is 0 Å². The lowest BCUT2D eigenvalue weighted by Gasteiger charge is -2.29. The van der Waals surface area contributed by atoms with E-state index >= 15 is 0 Å². The van der Waals surface area contributed by atoms with Gasteiger partial charge in [-0.2, -0.15) is 0 Å². The maximum Gasteiger partial charge on any atom is 0.251 e. The molecule has 2 atom stereocenters. The first-order valence-corrected chi connectivity index (χ1v) is 8.23. The third kappa shape index (κ3) is 4.73. The largest absolute Gasteiger partial charge is 0.370 e. The standard InChI is InChI=1S/C17H27N3O/c1-3-9-18-16-12-14(8-10-19-16)17(21)20-15-7-5-6-13(4-2)11-15/h8,10,12-13,15H,3-7,9,11H2,1-2H3,(H,18,19)(H,20,21). The molecule has 0 bridgehead atoms. The van der Waals surface area contributed by atoms with Crippen molar-refractivity contribution >= 4 is 11.7 Å². The highest BCUT2D eigenvalue weighted by atomic mass is 16.1. The van der Waals surface area contributed by atoms with Crippen molar-refractivity contribution < 1.29 is 4.79 Å². The number of carbonyl (C=O) groups is 1. The number of pyridine rings is 1. The Balaban J connectivity index is 1.93. The minimum atomic E-state index is 0.0266. The van der Waals surface area contributed by atoms with Crippen LogP contribution in [0.1, 0.15) is 62.7 Å². The molecule has 0 spiro atoms. The van der Waals surface area contributed by atoms with E-state index in [2.05, 4.69) is 29.5 Å². The number of hydrogen-bond acceptors (Lipinski definition) is 3. The minimum absolute atomic E-state index is 0.0266. The minimum Gasteiger partial charge on any atom is -0.370 e. The van der Waals surface area contributed by atoms with E-state index in [0.29, 0.717) is 11.6 Å². The second-order valence-corrected chi connectivity index (χ2v) is 5.97. The first kappa shape index (κ1) is 15.8. The lowest BCUT2D eigenvalue weighted by Crippen LogP contribution is -2.38. The van der Waals surface area contributed by atoms with Crippen LogP contribution in [0.4, 0.5) is 5.82 Å². The zero-order chi connectivity index (χ0) is 15.1. The molecule has 4 nitrogen and oxygen atoms in total. The molecule has 1 saturated carbocycles. The predicted molar refractivity (Wildman–Crippen MR) is 86.5 cm³/mol. The molecule has 0 aromatic carbocycles. The van der Waals surface area contributed by atoms with Gasteiger partial charge in [0.05, 0.1) is 0 Å². The SMILES string of the molecule is CCCNc1cc(C(=O)NC2CCCC(CC)C2)ccn1. The van der Waals surface area contributed by atoms with Crippen LogP contribution in [-0.4, -0.2) is 23.5 Å². The van der Waals surface area contributed by atoms with Gasteiger partial charge in [0.2, 0.25) is 0 Å². The van der Waals surface area contributed by atoms with E-state index in [-0.39, 0.29) is 5.91 Å². The molecule has 0 aliphatic heterocycles. The van der Waals surface area contributed by atoms with Crippen molar-refractivity contribution in [2.24, 2.45) is 5.92 Å². The summed E-state index contributed by atoms with van der Waals surface area (Å²) >= 11 is 0. The zero-order valence-electron chi connectivity index (χ0n) is 13.2. The molecule has 2 unspecified atom stereocenters. The molecule has 1 heterocycles. The molecule has 1 aromatic heterocycles. The quantitative estimate of drug-likeness (QED) is 0.841. The highest BCUT2D eigenvalue weighted by Crippen LogP contribution is 2.26. The summed E-state index contributed by atoms with van der Waals surface area (Å²) in [6.07, 6.45) is 8.71. The number of nitrogens with one attached hydrogen (secondary N) is 2. The Morgan fingerprint density at radius 3 is 3.00 bits per heavy atom. The van der Waals surface area contributed by atoms with Gasteiger partial charge in [-0.25, -0.2) is 4.98 Å². The Labute approximate surface area is 127 Å². The summed E-state index contributed by atoms with van der Waals surface area (Å²) in [5.74, 6) is 1.57. The van der Waals surface area contributed by atoms with E-state index in [1.165, 1.54) is 19.3 Å². The molecule has 1 aliphatic rings.